The monoisotopic (exact) mass is 368 g/mol. The van der Waals surface area contributed by atoms with Crippen LogP contribution in [0.1, 0.15) is 41.6 Å². The molecular formula is C22H25FN2O2. The number of rotatable bonds is 6. The first-order valence-electron chi connectivity index (χ1n) is 9.47. The molecule has 5 heteroatoms. The van der Waals surface area contributed by atoms with Gasteiger partial charge >= 0.3 is 0 Å². The highest BCUT2D eigenvalue weighted by Crippen LogP contribution is 2.34. The second-order valence-corrected chi connectivity index (χ2v) is 6.99. The van der Waals surface area contributed by atoms with Gasteiger partial charge in [0.1, 0.15) is 5.82 Å². The summed E-state index contributed by atoms with van der Waals surface area (Å²) in [5, 5.41) is 2.98. The molecule has 0 bridgehead atoms. The summed E-state index contributed by atoms with van der Waals surface area (Å²) in [5.41, 5.74) is 1.50. The molecule has 2 aromatic rings. The molecule has 2 unspecified atom stereocenters. The van der Waals surface area contributed by atoms with Crippen molar-refractivity contribution in [3.63, 3.8) is 0 Å². The van der Waals surface area contributed by atoms with E-state index in [9.17, 15) is 14.0 Å². The van der Waals surface area contributed by atoms with Crippen molar-refractivity contribution in [3.8, 4) is 0 Å². The molecule has 1 aliphatic heterocycles. The summed E-state index contributed by atoms with van der Waals surface area (Å²) in [5.74, 6) is -0.898. The molecule has 1 saturated heterocycles. The molecule has 27 heavy (non-hydrogen) atoms. The van der Waals surface area contributed by atoms with Crippen LogP contribution >= 0.6 is 0 Å². The van der Waals surface area contributed by atoms with Crippen molar-refractivity contribution in [3.05, 3.63) is 71.5 Å². The number of amides is 2. The Balaban J connectivity index is 1.80. The molecule has 1 aliphatic rings. The van der Waals surface area contributed by atoms with Crippen molar-refractivity contribution in [1.82, 2.24) is 10.2 Å². The van der Waals surface area contributed by atoms with Crippen molar-refractivity contribution in [2.24, 2.45) is 5.92 Å². The van der Waals surface area contributed by atoms with E-state index in [0.717, 1.165) is 18.4 Å². The van der Waals surface area contributed by atoms with E-state index in [1.807, 2.05) is 18.2 Å². The average molecular weight is 368 g/mol. The lowest BCUT2D eigenvalue weighted by molar-refractivity contribution is -0.124. The first kappa shape index (κ1) is 19.1. The molecule has 1 N–H and O–H groups in total. The fraction of sp³-hybridized carbons (Fsp3) is 0.364. The molecule has 0 aromatic heterocycles. The number of nitrogens with zero attached hydrogens (tertiary/aromatic N) is 1. The number of hydrogen-bond acceptors (Lipinski definition) is 2. The van der Waals surface area contributed by atoms with Crippen LogP contribution in [0.2, 0.25) is 0 Å². The molecule has 0 aliphatic carbocycles. The Morgan fingerprint density at radius 1 is 1.07 bits per heavy atom. The minimum atomic E-state index is -0.333. The Morgan fingerprint density at radius 3 is 2.44 bits per heavy atom. The molecule has 2 aromatic carbocycles. The van der Waals surface area contributed by atoms with Gasteiger partial charge in [0.05, 0.1) is 5.92 Å². The van der Waals surface area contributed by atoms with Crippen molar-refractivity contribution in [2.75, 3.05) is 19.6 Å². The second kappa shape index (κ2) is 8.80. The Morgan fingerprint density at radius 2 is 1.78 bits per heavy atom. The largest absolute Gasteiger partial charge is 0.356 e. The highest BCUT2D eigenvalue weighted by molar-refractivity contribution is 5.95. The maximum atomic E-state index is 13.3. The highest BCUT2D eigenvalue weighted by atomic mass is 19.1. The van der Waals surface area contributed by atoms with Crippen LogP contribution in [0.15, 0.2) is 54.6 Å². The first-order chi connectivity index (χ1) is 13.1. The Hall–Kier alpha value is -2.69. The van der Waals surface area contributed by atoms with Crippen molar-refractivity contribution in [2.45, 2.75) is 25.7 Å². The Bertz CT molecular complexity index is 777. The first-order valence-corrected chi connectivity index (χ1v) is 9.47. The van der Waals surface area contributed by atoms with Gasteiger partial charge in [-0.05, 0) is 36.2 Å². The zero-order chi connectivity index (χ0) is 19.2. The fourth-order valence-electron chi connectivity index (χ4n) is 3.57. The predicted molar refractivity (Wildman–Crippen MR) is 103 cm³/mol. The van der Waals surface area contributed by atoms with Gasteiger partial charge in [-0.1, -0.05) is 43.7 Å². The lowest BCUT2D eigenvalue weighted by Crippen LogP contribution is -2.36. The van der Waals surface area contributed by atoms with Gasteiger partial charge in [-0.2, -0.15) is 0 Å². The summed E-state index contributed by atoms with van der Waals surface area (Å²) in [6, 6.07) is 15.3. The van der Waals surface area contributed by atoms with E-state index in [0.29, 0.717) is 25.2 Å². The zero-order valence-electron chi connectivity index (χ0n) is 15.5. The lowest BCUT2D eigenvalue weighted by atomic mass is 9.88. The van der Waals surface area contributed by atoms with Crippen LogP contribution in [0.3, 0.4) is 0 Å². The maximum absolute atomic E-state index is 13.3. The predicted octanol–water partition coefficient (Wildman–Crippen LogP) is 3.60. The van der Waals surface area contributed by atoms with Gasteiger partial charge in [0, 0.05) is 31.1 Å². The third-order valence-corrected chi connectivity index (χ3v) is 5.09. The van der Waals surface area contributed by atoms with E-state index in [-0.39, 0.29) is 29.5 Å². The van der Waals surface area contributed by atoms with Crippen molar-refractivity contribution in [1.29, 1.82) is 0 Å². The summed E-state index contributed by atoms with van der Waals surface area (Å²) in [6.07, 6.45) is 1.93. The molecule has 4 nitrogen and oxygen atoms in total. The molecular weight excluding hydrogens is 343 g/mol. The van der Waals surface area contributed by atoms with Crippen LogP contribution in [0, 0.1) is 11.7 Å². The normalized spacial score (nSPS) is 19.1. The van der Waals surface area contributed by atoms with Gasteiger partial charge in [-0.3, -0.25) is 9.59 Å². The summed E-state index contributed by atoms with van der Waals surface area (Å²) < 4.78 is 13.3. The molecule has 0 saturated carbocycles. The maximum Gasteiger partial charge on any atom is 0.253 e. The summed E-state index contributed by atoms with van der Waals surface area (Å²) in [6.45, 7) is 3.52. The number of unbranched alkanes of at least 4 members (excludes halogenated alkanes) is 1. The van der Waals surface area contributed by atoms with E-state index in [4.69, 9.17) is 0 Å². The van der Waals surface area contributed by atoms with Crippen LogP contribution in [-0.2, 0) is 4.79 Å². The molecule has 3 rings (SSSR count). The number of carbonyl (C=O) groups excluding carboxylic acids is 2. The number of halogens is 1. The smallest absolute Gasteiger partial charge is 0.253 e. The lowest BCUT2D eigenvalue weighted by Gasteiger charge is -2.18. The minimum absolute atomic E-state index is 0.0406. The molecule has 1 heterocycles. The van der Waals surface area contributed by atoms with Gasteiger partial charge in [0.15, 0.2) is 0 Å². The fourth-order valence-corrected chi connectivity index (χ4v) is 3.57. The number of hydrogen-bond donors (Lipinski definition) is 1. The van der Waals surface area contributed by atoms with Crippen LogP contribution < -0.4 is 5.32 Å². The standard InChI is InChI=1S/C22H25FN2O2/c1-2-3-13-24-21(26)20-15-25(22(27)17-7-5-4-6-8-17)14-19(20)16-9-11-18(23)12-10-16/h4-12,19-20H,2-3,13-15H2,1H3,(H,24,26). The molecule has 0 radical (unpaired) electrons. The highest BCUT2D eigenvalue weighted by Gasteiger charge is 2.40. The minimum Gasteiger partial charge on any atom is -0.356 e. The Labute approximate surface area is 159 Å². The van der Waals surface area contributed by atoms with Gasteiger partial charge in [0.2, 0.25) is 5.91 Å². The Kier molecular flexibility index (Phi) is 6.22. The SMILES string of the molecule is CCCCNC(=O)C1CN(C(=O)c2ccccc2)CC1c1ccc(F)cc1. The van der Waals surface area contributed by atoms with Gasteiger partial charge in [-0.25, -0.2) is 4.39 Å². The average Bonchev–Trinajstić information content (AvgIpc) is 3.14. The van der Waals surface area contributed by atoms with E-state index in [1.165, 1.54) is 12.1 Å². The zero-order valence-corrected chi connectivity index (χ0v) is 15.5. The topological polar surface area (TPSA) is 49.4 Å². The van der Waals surface area contributed by atoms with E-state index in [2.05, 4.69) is 12.2 Å². The van der Waals surface area contributed by atoms with E-state index >= 15 is 0 Å². The van der Waals surface area contributed by atoms with Crippen LogP contribution in [0.25, 0.3) is 0 Å². The summed E-state index contributed by atoms with van der Waals surface area (Å²) in [7, 11) is 0. The van der Waals surface area contributed by atoms with Crippen LogP contribution in [-0.4, -0.2) is 36.3 Å². The molecule has 1 fully saturated rings. The van der Waals surface area contributed by atoms with E-state index in [1.54, 1.807) is 29.2 Å². The molecule has 0 spiro atoms. The quantitative estimate of drug-likeness (QED) is 0.792. The summed E-state index contributed by atoms with van der Waals surface area (Å²) >= 11 is 0. The second-order valence-electron chi connectivity index (χ2n) is 6.99. The number of nitrogens with one attached hydrogen (secondary N) is 1. The molecule has 142 valence electrons. The number of benzene rings is 2. The number of carbonyl (C=O) groups is 2. The summed E-state index contributed by atoms with van der Waals surface area (Å²) in [4.78, 5) is 27.3. The molecule has 2 atom stereocenters. The third-order valence-electron chi connectivity index (χ3n) is 5.09. The van der Waals surface area contributed by atoms with E-state index < -0.39 is 0 Å². The van der Waals surface area contributed by atoms with Crippen LogP contribution in [0.4, 0.5) is 4.39 Å². The number of likely N-dealkylation sites (tertiary alicyclic amines) is 1. The van der Waals surface area contributed by atoms with Crippen LogP contribution in [0.5, 0.6) is 0 Å². The third kappa shape index (κ3) is 4.54. The van der Waals surface area contributed by atoms with Gasteiger partial charge < -0.3 is 10.2 Å². The van der Waals surface area contributed by atoms with Crippen molar-refractivity contribution < 1.29 is 14.0 Å². The van der Waals surface area contributed by atoms with Crippen molar-refractivity contribution >= 4 is 11.8 Å². The van der Waals surface area contributed by atoms with Gasteiger partial charge in [0.25, 0.3) is 5.91 Å². The van der Waals surface area contributed by atoms with Gasteiger partial charge in [-0.15, -0.1) is 0 Å². The molecule has 2 amide bonds.